The van der Waals surface area contributed by atoms with Crippen LogP contribution >= 0.6 is 11.3 Å². The SMILES string of the molecule is Cc1nc(N)sc1C(=O)Nc1ccc(OCC(=O)O)cc1. The molecule has 110 valence electrons. The van der Waals surface area contributed by atoms with Crippen LogP contribution in [-0.2, 0) is 4.79 Å². The number of nitrogens with two attached hydrogens (primary N) is 1. The summed E-state index contributed by atoms with van der Waals surface area (Å²) in [5.74, 6) is -0.930. The lowest BCUT2D eigenvalue weighted by Crippen LogP contribution is -2.12. The maximum absolute atomic E-state index is 12.0. The monoisotopic (exact) mass is 307 g/mol. The predicted molar refractivity (Wildman–Crippen MR) is 78.8 cm³/mol. The van der Waals surface area contributed by atoms with Crippen LogP contribution in [0.25, 0.3) is 0 Å². The lowest BCUT2D eigenvalue weighted by molar-refractivity contribution is -0.139. The molecule has 21 heavy (non-hydrogen) atoms. The Morgan fingerprint density at radius 2 is 2.05 bits per heavy atom. The number of carboxylic acid groups (broad SMARTS) is 1. The van der Waals surface area contributed by atoms with Crippen molar-refractivity contribution in [1.82, 2.24) is 4.98 Å². The van der Waals surface area contributed by atoms with Crippen molar-refractivity contribution in [2.24, 2.45) is 0 Å². The minimum absolute atomic E-state index is 0.291. The molecule has 8 heteroatoms. The lowest BCUT2D eigenvalue weighted by Gasteiger charge is -2.06. The Labute approximate surface area is 124 Å². The van der Waals surface area contributed by atoms with Gasteiger partial charge in [0.25, 0.3) is 5.91 Å². The molecule has 0 radical (unpaired) electrons. The molecule has 0 saturated carbocycles. The van der Waals surface area contributed by atoms with Crippen LogP contribution in [0.4, 0.5) is 10.8 Å². The first-order chi connectivity index (χ1) is 9.95. The average Bonchev–Trinajstić information content (AvgIpc) is 2.77. The van der Waals surface area contributed by atoms with E-state index in [1.165, 1.54) is 0 Å². The summed E-state index contributed by atoms with van der Waals surface area (Å²) in [6, 6.07) is 6.39. The molecule has 0 saturated heterocycles. The molecule has 7 nitrogen and oxygen atoms in total. The molecule has 0 aliphatic heterocycles. The topological polar surface area (TPSA) is 115 Å². The molecule has 2 aromatic rings. The number of nitrogen functional groups attached to an aromatic ring is 1. The number of hydrogen-bond acceptors (Lipinski definition) is 6. The van der Waals surface area contributed by atoms with E-state index in [0.29, 0.717) is 27.1 Å². The Bertz CT molecular complexity index is 667. The van der Waals surface area contributed by atoms with Gasteiger partial charge in [0.2, 0.25) is 0 Å². The van der Waals surface area contributed by atoms with Crippen LogP contribution in [-0.4, -0.2) is 28.6 Å². The Morgan fingerprint density at radius 3 is 2.57 bits per heavy atom. The first kappa shape index (κ1) is 14.8. The van der Waals surface area contributed by atoms with E-state index in [0.717, 1.165) is 11.3 Å². The van der Waals surface area contributed by atoms with E-state index >= 15 is 0 Å². The van der Waals surface area contributed by atoms with Crippen LogP contribution in [0, 0.1) is 6.92 Å². The van der Waals surface area contributed by atoms with E-state index < -0.39 is 12.6 Å². The van der Waals surface area contributed by atoms with Crippen molar-refractivity contribution in [1.29, 1.82) is 0 Å². The Morgan fingerprint density at radius 1 is 1.38 bits per heavy atom. The molecule has 1 heterocycles. The molecule has 2 rings (SSSR count). The number of thiazole rings is 1. The van der Waals surface area contributed by atoms with Gasteiger partial charge >= 0.3 is 5.97 Å². The number of nitrogens with zero attached hydrogens (tertiary/aromatic N) is 1. The second-order valence-corrected chi connectivity index (χ2v) is 5.16. The van der Waals surface area contributed by atoms with Gasteiger partial charge in [0.1, 0.15) is 10.6 Å². The van der Waals surface area contributed by atoms with Crippen LogP contribution in [0.2, 0.25) is 0 Å². The summed E-state index contributed by atoms with van der Waals surface area (Å²) in [5.41, 5.74) is 6.70. The normalized spacial score (nSPS) is 10.1. The second-order valence-electron chi connectivity index (χ2n) is 4.13. The maximum Gasteiger partial charge on any atom is 0.341 e. The first-order valence-corrected chi connectivity index (χ1v) is 6.76. The zero-order chi connectivity index (χ0) is 15.4. The highest BCUT2D eigenvalue weighted by Crippen LogP contribution is 2.22. The summed E-state index contributed by atoms with van der Waals surface area (Å²) in [7, 11) is 0. The number of benzene rings is 1. The third kappa shape index (κ3) is 3.93. The van der Waals surface area contributed by atoms with Gasteiger partial charge in [-0.25, -0.2) is 9.78 Å². The molecule has 1 aromatic carbocycles. The molecule has 0 aliphatic carbocycles. The van der Waals surface area contributed by atoms with Crippen LogP contribution in [0.1, 0.15) is 15.4 Å². The van der Waals surface area contributed by atoms with Crippen molar-refractivity contribution in [3.63, 3.8) is 0 Å². The Balaban J connectivity index is 2.01. The molecule has 1 amide bonds. The number of rotatable bonds is 5. The number of anilines is 2. The van der Waals surface area contributed by atoms with Gasteiger partial charge in [-0.05, 0) is 31.2 Å². The molecular weight excluding hydrogens is 294 g/mol. The fourth-order valence-corrected chi connectivity index (χ4v) is 2.32. The van der Waals surface area contributed by atoms with Crippen molar-refractivity contribution < 1.29 is 19.4 Å². The van der Waals surface area contributed by atoms with E-state index in [9.17, 15) is 9.59 Å². The van der Waals surface area contributed by atoms with E-state index in [2.05, 4.69) is 10.3 Å². The smallest absolute Gasteiger partial charge is 0.341 e. The molecule has 0 fully saturated rings. The average molecular weight is 307 g/mol. The Kier molecular flexibility index (Phi) is 4.39. The van der Waals surface area contributed by atoms with Gasteiger partial charge in [-0.1, -0.05) is 11.3 Å². The number of aliphatic carboxylic acids is 1. The van der Waals surface area contributed by atoms with Crippen molar-refractivity contribution in [3.05, 3.63) is 34.8 Å². The zero-order valence-electron chi connectivity index (χ0n) is 11.1. The number of aromatic nitrogens is 1. The van der Waals surface area contributed by atoms with Gasteiger partial charge in [-0.3, -0.25) is 4.79 Å². The van der Waals surface area contributed by atoms with Gasteiger partial charge in [-0.2, -0.15) is 0 Å². The molecular formula is C13H13N3O4S. The molecule has 1 aromatic heterocycles. The second kappa shape index (κ2) is 6.23. The highest BCUT2D eigenvalue weighted by atomic mass is 32.1. The summed E-state index contributed by atoms with van der Waals surface area (Å²) in [6.45, 7) is 1.30. The van der Waals surface area contributed by atoms with Gasteiger partial charge in [0, 0.05) is 5.69 Å². The third-order valence-corrected chi connectivity index (χ3v) is 3.48. The Hall–Kier alpha value is -2.61. The number of aryl methyl sites for hydroxylation is 1. The zero-order valence-corrected chi connectivity index (χ0v) is 11.9. The quantitative estimate of drug-likeness (QED) is 0.775. The number of ether oxygens (including phenoxy) is 1. The van der Waals surface area contributed by atoms with E-state index in [1.807, 2.05) is 0 Å². The molecule has 0 aliphatic rings. The van der Waals surface area contributed by atoms with Crippen LogP contribution in [0.3, 0.4) is 0 Å². The van der Waals surface area contributed by atoms with Crippen LogP contribution < -0.4 is 15.8 Å². The van der Waals surface area contributed by atoms with Gasteiger partial charge in [-0.15, -0.1) is 0 Å². The molecule has 4 N–H and O–H groups in total. The number of carbonyl (C=O) groups excluding carboxylic acids is 1. The van der Waals surface area contributed by atoms with E-state index in [4.69, 9.17) is 15.6 Å². The third-order valence-electron chi connectivity index (χ3n) is 2.49. The lowest BCUT2D eigenvalue weighted by atomic mass is 10.3. The predicted octanol–water partition coefficient (Wildman–Crippen LogP) is 1.75. The van der Waals surface area contributed by atoms with Crippen LogP contribution in [0.15, 0.2) is 24.3 Å². The minimum atomic E-state index is -1.05. The van der Waals surface area contributed by atoms with E-state index in [1.54, 1.807) is 31.2 Å². The van der Waals surface area contributed by atoms with Crippen molar-refractivity contribution in [2.45, 2.75) is 6.92 Å². The van der Waals surface area contributed by atoms with Crippen LogP contribution in [0.5, 0.6) is 5.75 Å². The maximum atomic E-state index is 12.0. The summed E-state index contributed by atoms with van der Waals surface area (Å²) in [4.78, 5) is 26.9. The molecule has 0 unspecified atom stereocenters. The summed E-state index contributed by atoms with van der Waals surface area (Å²) in [6.07, 6.45) is 0. The number of amides is 1. The summed E-state index contributed by atoms with van der Waals surface area (Å²) in [5, 5.41) is 11.6. The van der Waals surface area contributed by atoms with Crippen molar-refractivity contribution in [3.8, 4) is 5.75 Å². The summed E-state index contributed by atoms with van der Waals surface area (Å²) < 4.78 is 5.00. The van der Waals surface area contributed by atoms with E-state index in [-0.39, 0.29) is 5.91 Å². The largest absolute Gasteiger partial charge is 0.482 e. The highest BCUT2D eigenvalue weighted by molar-refractivity contribution is 7.17. The standard InChI is InChI=1S/C13H13N3O4S/c1-7-11(21-13(14)15-7)12(19)16-8-2-4-9(5-3-8)20-6-10(17)18/h2-5H,6H2,1H3,(H2,14,15)(H,16,19)(H,17,18). The number of carboxylic acids is 1. The van der Waals surface area contributed by atoms with Gasteiger partial charge in [0.05, 0.1) is 5.69 Å². The fourth-order valence-electron chi connectivity index (χ4n) is 1.60. The number of nitrogens with one attached hydrogen (secondary N) is 1. The first-order valence-electron chi connectivity index (χ1n) is 5.94. The molecule has 0 spiro atoms. The molecule has 0 atom stereocenters. The number of hydrogen-bond donors (Lipinski definition) is 3. The minimum Gasteiger partial charge on any atom is -0.482 e. The number of carbonyl (C=O) groups is 2. The highest BCUT2D eigenvalue weighted by Gasteiger charge is 2.14. The van der Waals surface area contributed by atoms with Gasteiger partial charge in [0.15, 0.2) is 11.7 Å². The van der Waals surface area contributed by atoms with Crippen molar-refractivity contribution >= 4 is 34.0 Å². The molecule has 0 bridgehead atoms. The van der Waals surface area contributed by atoms with Crippen molar-refractivity contribution in [2.75, 3.05) is 17.7 Å². The fraction of sp³-hybridized carbons (Fsp3) is 0.154. The van der Waals surface area contributed by atoms with Gasteiger partial charge < -0.3 is 20.9 Å². The summed E-state index contributed by atoms with van der Waals surface area (Å²) >= 11 is 1.12.